The number of aryl methyl sites for hydroxylation is 1. The second-order valence-corrected chi connectivity index (χ2v) is 5.99. The maximum absolute atomic E-state index is 12.4. The fraction of sp³-hybridized carbons (Fsp3) is 0.294. The number of rotatable bonds is 3. The number of fused-ring (bicyclic) bond motifs is 2. The molecule has 1 N–H and O–H groups in total. The lowest BCUT2D eigenvalue weighted by Gasteiger charge is -2.24. The van der Waals surface area contributed by atoms with Crippen molar-refractivity contribution in [2.75, 3.05) is 0 Å². The molecule has 1 atom stereocenters. The zero-order valence-electron chi connectivity index (χ0n) is 13.1. The van der Waals surface area contributed by atoms with Gasteiger partial charge in [0.15, 0.2) is 0 Å². The van der Waals surface area contributed by atoms with Gasteiger partial charge in [0.1, 0.15) is 12.4 Å². The quantitative estimate of drug-likeness (QED) is 0.770. The van der Waals surface area contributed by atoms with Crippen molar-refractivity contribution in [1.29, 1.82) is 0 Å². The molecule has 122 valence electrons. The van der Waals surface area contributed by atoms with Crippen LogP contribution in [0.3, 0.4) is 0 Å². The minimum atomic E-state index is -0.246. The summed E-state index contributed by atoms with van der Waals surface area (Å²) in [6.07, 6.45) is 7.00. The lowest BCUT2D eigenvalue weighted by atomic mass is 10.1. The van der Waals surface area contributed by atoms with Crippen LogP contribution in [0.4, 0.5) is 0 Å². The third kappa shape index (κ3) is 2.68. The summed E-state index contributed by atoms with van der Waals surface area (Å²) in [5, 5.41) is 8.43. The van der Waals surface area contributed by atoms with Crippen molar-refractivity contribution >= 4 is 16.7 Å². The first-order valence-electron chi connectivity index (χ1n) is 7.95. The fourth-order valence-corrected chi connectivity index (χ4v) is 3.13. The number of benzene rings is 1. The van der Waals surface area contributed by atoms with Crippen molar-refractivity contribution in [3.8, 4) is 0 Å². The van der Waals surface area contributed by atoms with Gasteiger partial charge in [-0.05, 0) is 12.5 Å². The first kappa shape index (κ1) is 14.6. The standard InChI is InChI=1S/C17H17N5O2/c23-16(20-13-5-6-15-18-7-8-21(15)10-13)11-22-17(24)14-4-2-1-3-12(14)9-19-22/h1-4,7-9,13H,5-6,10-11H2,(H,20,23). The van der Waals surface area contributed by atoms with Gasteiger partial charge < -0.3 is 9.88 Å². The molecule has 2 aromatic heterocycles. The summed E-state index contributed by atoms with van der Waals surface area (Å²) in [4.78, 5) is 29.0. The molecule has 7 heteroatoms. The molecule has 0 saturated carbocycles. The number of aromatic nitrogens is 4. The molecule has 3 heterocycles. The highest BCUT2D eigenvalue weighted by atomic mass is 16.2. The van der Waals surface area contributed by atoms with Crippen molar-refractivity contribution < 1.29 is 4.79 Å². The molecule has 1 aromatic carbocycles. The highest BCUT2D eigenvalue weighted by Crippen LogP contribution is 2.13. The minimum Gasteiger partial charge on any atom is -0.350 e. The number of nitrogens with zero attached hydrogens (tertiary/aromatic N) is 4. The van der Waals surface area contributed by atoms with Crippen LogP contribution in [-0.4, -0.2) is 31.3 Å². The number of nitrogens with one attached hydrogen (secondary N) is 1. The smallest absolute Gasteiger partial charge is 0.275 e. The Kier molecular flexibility index (Phi) is 3.60. The Morgan fingerprint density at radius 2 is 2.21 bits per heavy atom. The van der Waals surface area contributed by atoms with Crippen LogP contribution in [0.1, 0.15) is 12.2 Å². The van der Waals surface area contributed by atoms with Gasteiger partial charge in [-0.1, -0.05) is 18.2 Å². The van der Waals surface area contributed by atoms with E-state index in [1.54, 1.807) is 24.5 Å². The third-order valence-corrected chi connectivity index (χ3v) is 4.36. The topological polar surface area (TPSA) is 81.8 Å². The molecular weight excluding hydrogens is 306 g/mol. The summed E-state index contributed by atoms with van der Waals surface area (Å²) < 4.78 is 3.26. The van der Waals surface area contributed by atoms with Crippen molar-refractivity contribution in [3.63, 3.8) is 0 Å². The van der Waals surface area contributed by atoms with E-state index in [1.807, 2.05) is 18.3 Å². The van der Waals surface area contributed by atoms with Crippen LogP contribution < -0.4 is 10.9 Å². The molecule has 0 saturated heterocycles. The second kappa shape index (κ2) is 5.92. The predicted molar refractivity (Wildman–Crippen MR) is 88.5 cm³/mol. The lowest BCUT2D eigenvalue weighted by molar-refractivity contribution is -0.122. The van der Waals surface area contributed by atoms with E-state index in [2.05, 4.69) is 20.0 Å². The Labute approximate surface area is 137 Å². The number of amides is 1. The summed E-state index contributed by atoms with van der Waals surface area (Å²) in [6, 6.07) is 7.29. The molecule has 0 radical (unpaired) electrons. The van der Waals surface area contributed by atoms with Crippen molar-refractivity contribution in [3.05, 3.63) is 59.0 Å². The third-order valence-electron chi connectivity index (χ3n) is 4.36. The molecule has 0 aliphatic carbocycles. The molecule has 1 aliphatic rings. The first-order valence-corrected chi connectivity index (χ1v) is 7.95. The highest BCUT2D eigenvalue weighted by Gasteiger charge is 2.20. The zero-order chi connectivity index (χ0) is 16.5. The molecule has 7 nitrogen and oxygen atoms in total. The van der Waals surface area contributed by atoms with Crippen molar-refractivity contribution in [2.24, 2.45) is 0 Å². The normalized spacial score (nSPS) is 16.8. The van der Waals surface area contributed by atoms with Gasteiger partial charge in [0.25, 0.3) is 5.56 Å². The van der Waals surface area contributed by atoms with E-state index in [-0.39, 0.29) is 24.1 Å². The predicted octanol–water partition coefficient (Wildman–Crippen LogP) is 0.724. The van der Waals surface area contributed by atoms with Gasteiger partial charge in [-0.25, -0.2) is 9.67 Å². The van der Waals surface area contributed by atoms with Gasteiger partial charge in [0.2, 0.25) is 5.91 Å². The minimum absolute atomic E-state index is 0.0513. The van der Waals surface area contributed by atoms with Crippen LogP contribution in [0.5, 0.6) is 0 Å². The Morgan fingerprint density at radius 3 is 3.12 bits per heavy atom. The van der Waals surface area contributed by atoms with E-state index >= 15 is 0 Å². The number of carbonyl (C=O) groups is 1. The van der Waals surface area contributed by atoms with Crippen LogP contribution in [0, 0.1) is 0 Å². The Bertz CT molecular complexity index is 959. The first-order chi connectivity index (χ1) is 11.7. The number of carbonyl (C=O) groups excluding carboxylic acids is 1. The van der Waals surface area contributed by atoms with E-state index < -0.39 is 0 Å². The molecule has 24 heavy (non-hydrogen) atoms. The van der Waals surface area contributed by atoms with Crippen molar-refractivity contribution in [1.82, 2.24) is 24.6 Å². The Morgan fingerprint density at radius 1 is 1.33 bits per heavy atom. The van der Waals surface area contributed by atoms with Crippen LogP contribution >= 0.6 is 0 Å². The van der Waals surface area contributed by atoms with Gasteiger partial charge in [0, 0.05) is 36.8 Å². The maximum atomic E-state index is 12.4. The van der Waals surface area contributed by atoms with E-state index in [0.29, 0.717) is 11.9 Å². The molecule has 3 aromatic rings. The van der Waals surface area contributed by atoms with Gasteiger partial charge in [-0.2, -0.15) is 5.10 Å². The molecule has 1 amide bonds. The number of hydrogen-bond acceptors (Lipinski definition) is 4. The summed E-state index contributed by atoms with van der Waals surface area (Å²) in [5.74, 6) is 0.848. The molecular formula is C17H17N5O2. The van der Waals surface area contributed by atoms with Gasteiger partial charge in [-0.3, -0.25) is 9.59 Å². The van der Waals surface area contributed by atoms with E-state index in [4.69, 9.17) is 0 Å². The zero-order valence-corrected chi connectivity index (χ0v) is 13.1. The SMILES string of the molecule is O=C(Cn1ncc2ccccc2c1=O)NC1CCc2nccn2C1. The summed E-state index contributed by atoms with van der Waals surface area (Å²) >= 11 is 0. The Balaban J connectivity index is 1.47. The second-order valence-electron chi connectivity index (χ2n) is 5.99. The lowest BCUT2D eigenvalue weighted by Crippen LogP contribution is -2.43. The van der Waals surface area contributed by atoms with Crippen LogP contribution in [0.15, 0.2) is 47.7 Å². The Hall–Kier alpha value is -2.96. The van der Waals surface area contributed by atoms with E-state index in [0.717, 1.165) is 24.1 Å². The van der Waals surface area contributed by atoms with Crippen LogP contribution in [0.25, 0.3) is 10.8 Å². The maximum Gasteiger partial charge on any atom is 0.275 e. The summed E-state index contributed by atoms with van der Waals surface area (Å²) in [7, 11) is 0. The summed E-state index contributed by atoms with van der Waals surface area (Å²) in [5.41, 5.74) is -0.246. The average molecular weight is 323 g/mol. The van der Waals surface area contributed by atoms with Crippen molar-refractivity contribution in [2.45, 2.75) is 32.0 Å². The average Bonchev–Trinajstić information content (AvgIpc) is 3.05. The molecule has 1 unspecified atom stereocenters. The van der Waals surface area contributed by atoms with Gasteiger partial charge in [0.05, 0.1) is 11.6 Å². The number of imidazole rings is 1. The van der Waals surface area contributed by atoms with Gasteiger partial charge in [-0.15, -0.1) is 0 Å². The largest absolute Gasteiger partial charge is 0.350 e. The van der Waals surface area contributed by atoms with E-state index in [1.165, 1.54) is 4.68 Å². The summed E-state index contributed by atoms with van der Waals surface area (Å²) in [6.45, 7) is 0.637. The van der Waals surface area contributed by atoms with Crippen LogP contribution in [-0.2, 0) is 24.3 Å². The monoisotopic (exact) mass is 323 g/mol. The molecule has 1 aliphatic heterocycles. The van der Waals surface area contributed by atoms with Crippen LogP contribution in [0.2, 0.25) is 0 Å². The molecule has 0 spiro atoms. The number of hydrogen-bond donors (Lipinski definition) is 1. The van der Waals surface area contributed by atoms with Gasteiger partial charge >= 0.3 is 0 Å². The molecule has 0 fully saturated rings. The molecule has 0 bridgehead atoms. The molecule has 4 rings (SSSR count). The fourth-order valence-electron chi connectivity index (χ4n) is 3.13. The van der Waals surface area contributed by atoms with E-state index in [9.17, 15) is 9.59 Å². The highest BCUT2D eigenvalue weighted by molar-refractivity contribution is 5.81.